The molecule has 34 heavy (non-hydrogen) atoms. The summed E-state index contributed by atoms with van der Waals surface area (Å²) in [6, 6.07) is 8.75. The third kappa shape index (κ3) is 6.38. The van der Waals surface area contributed by atoms with Crippen LogP contribution in [-0.2, 0) is 14.4 Å². The van der Waals surface area contributed by atoms with Crippen molar-refractivity contribution in [3.05, 3.63) is 24.3 Å². The number of hydrogen-bond acceptors (Lipinski definition) is 6. The van der Waals surface area contributed by atoms with Crippen molar-refractivity contribution in [1.29, 1.82) is 5.26 Å². The molecule has 1 fully saturated rings. The van der Waals surface area contributed by atoms with E-state index in [2.05, 4.69) is 10.6 Å². The molecule has 2 N–H and O–H groups in total. The maximum atomic E-state index is 13.1. The molecule has 1 aliphatic rings. The Hall–Kier alpha value is -2.87. The van der Waals surface area contributed by atoms with Gasteiger partial charge in [0.25, 0.3) is 6.43 Å². The van der Waals surface area contributed by atoms with Crippen molar-refractivity contribution >= 4 is 40.9 Å². The number of carbonyl (C=O) groups is 3. The number of anilines is 2. The minimum atomic E-state index is -2.73. The van der Waals surface area contributed by atoms with Crippen LogP contribution in [0.25, 0.3) is 0 Å². The van der Waals surface area contributed by atoms with Crippen molar-refractivity contribution in [2.75, 3.05) is 30.4 Å². The van der Waals surface area contributed by atoms with Crippen LogP contribution in [0.15, 0.2) is 24.3 Å². The van der Waals surface area contributed by atoms with Crippen LogP contribution in [0.4, 0.5) is 20.2 Å². The Bertz CT molecular complexity index is 939. The maximum absolute atomic E-state index is 13.1. The first-order valence-electron chi connectivity index (χ1n) is 11.1. The largest absolute Gasteiger partial charge is 0.381 e. The monoisotopic (exact) mass is 495 g/mol. The zero-order valence-corrected chi connectivity index (χ0v) is 20.7. The summed E-state index contributed by atoms with van der Waals surface area (Å²) >= 11 is 1.17. The minimum Gasteiger partial charge on any atom is -0.381 e. The summed E-state index contributed by atoms with van der Waals surface area (Å²) in [5.74, 6) is -2.51. The summed E-state index contributed by atoms with van der Waals surface area (Å²) in [7, 11) is 1.70. The SMILES string of the molecule is CCN1C(=O)C(C(C)Nc2cccc(N(C)C(=O)C(C)C)c2)SC1C(C#N)C(=O)NCC(F)F. The highest BCUT2D eigenvalue weighted by Crippen LogP contribution is 2.38. The normalized spacial score (nSPS) is 19.6. The summed E-state index contributed by atoms with van der Waals surface area (Å²) in [4.78, 5) is 40.7. The molecule has 4 unspecified atom stereocenters. The second-order valence-corrected chi connectivity index (χ2v) is 9.61. The highest BCUT2D eigenvalue weighted by Gasteiger charge is 2.47. The topological polar surface area (TPSA) is 106 Å². The second-order valence-electron chi connectivity index (χ2n) is 8.35. The van der Waals surface area contributed by atoms with Gasteiger partial charge >= 0.3 is 0 Å². The van der Waals surface area contributed by atoms with E-state index in [4.69, 9.17) is 0 Å². The summed E-state index contributed by atoms with van der Waals surface area (Å²) in [5.41, 5.74) is 1.41. The first-order valence-corrected chi connectivity index (χ1v) is 12.0. The van der Waals surface area contributed by atoms with Gasteiger partial charge in [0.15, 0.2) is 5.92 Å². The number of alkyl halides is 2. The van der Waals surface area contributed by atoms with Gasteiger partial charge in [-0.25, -0.2) is 8.78 Å². The van der Waals surface area contributed by atoms with Gasteiger partial charge in [-0.2, -0.15) is 5.26 Å². The Morgan fingerprint density at radius 2 is 1.97 bits per heavy atom. The molecule has 0 aromatic heterocycles. The second kappa shape index (κ2) is 12.0. The lowest BCUT2D eigenvalue weighted by molar-refractivity contribution is -0.132. The van der Waals surface area contributed by atoms with Crippen LogP contribution in [0.3, 0.4) is 0 Å². The van der Waals surface area contributed by atoms with E-state index < -0.39 is 35.4 Å². The molecule has 8 nitrogen and oxygen atoms in total. The molecule has 1 aromatic rings. The van der Waals surface area contributed by atoms with Crippen LogP contribution in [0.5, 0.6) is 0 Å². The molecule has 0 aliphatic carbocycles. The first-order chi connectivity index (χ1) is 16.0. The van der Waals surface area contributed by atoms with Gasteiger partial charge in [0, 0.05) is 36.9 Å². The third-order valence-corrected chi connectivity index (χ3v) is 7.21. The fraction of sp³-hybridized carbons (Fsp3) is 0.565. The highest BCUT2D eigenvalue weighted by atomic mass is 32.2. The van der Waals surface area contributed by atoms with E-state index in [1.807, 2.05) is 45.0 Å². The summed E-state index contributed by atoms with van der Waals surface area (Å²) in [6.45, 7) is 6.63. The molecule has 1 aromatic carbocycles. The van der Waals surface area contributed by atoms with Crippen LogP contribution >= 0.6 is 11.8 Å². The van der Waals surface area contributed by atoms with E-state index in [1.165, 1.54) is 16.7 Å². The molecule has 186 valence electrons. The average Bonchev–Trinajstić information content (AvgIpc) is 3.13. The van der Waals surface area contributed by atoms with Gasteiger partial charge in [-0.05, 0) is 32.0 Å². The van der Waals surface area contributed by atoms with Gasteiger partial charge in [-0.1, -0.05) is 19.9 Å². The Morgan fingerprint density at radius 3 is 2.53 bits per heavy atom. The van der Waals surface area contributed by atoms with Crippen molar-refractivity contribution in [3.63, 3.8) is 0 Å². The van der Waals surface area contributed by atoms with Gasteiger partial charge in [-0.3, -0.25) is 14.4 Å². The fourth-order valence-electron chi connectivity index (χ4n) is 3.69. The summed E-state index contributed by atoms with van der Waals surface area (Å²) in [6.07, 6.45) is -2.73. The molecule has 3 amide bonds. The van der Waals surface area contributed by atoms with Crippen molar-refractivity contribution in [3.8, 4) is 6.07 Å². The van der Waals surface area contributed by atoms with Crippen molar-refractivity contribution in [2.45, 2.75) is 50.8 Å². The Kier molecular flexibility index (Phi) is 9.67. The number of hydrogen-bond donors (Lipinski definition) is 2. The van der Waals surface area contributed by atoms with E-state index in [0.717, 1.165) is 0 Å². The molecule has 11 heteroatoms. The van der Waals surface area contributed by atoms with E-state index in [0.29, 0.717) is 11.4 Å². The lowest BCUT2D eigenvalue weighted by atomic mass is 10.1. The molecular weight excluding hydrogens is 464 g/mol. The third-order valence-electron chi connectivity index (χ3n) is 5.50. The highest BCUT2D eigenvalue weighted by molar-refractivity contribution is 8.01. The number of nitrogens with zero attached hydrogens (tertiary/aromatic N) is 3. The van der Waals surface area contributed by atoms with Gasteiger partial charge in [0.05, 0.1) is 12.6 Å². The lowest BCUT2D eigenvalue weighted by Crippen LogP contribution is -2.45. The van der Waals surface area contributed by atoms with Crippen LogP contribution in [0, 0.1) is 23.2 Å². The molecule has 0 radical (unpaired) electrons. The van der Waals surface area contributed by atoms with E-state index in [1.54, 1.807) is 24.9 Å². The number of carbonyl (C=O) groups excluding carboxylic acids is 3. The maximum Gasteiger partial charge on any atom is 0.255 e. The zero-order chi connectivity index (χ0) is 25.6. The van der Waals surface area contributed by atoms with Gasteiger partial charge < -0.3 is 20.4 Å². The zero-order valence-electron chi connectivity index (χ0n) is 19.9. The number of benzene rings is 1. The predicted molar refractivity (Wildman–Crippen MR) is 128 cm³/mol. The Labute approximate surface area is 203 Å². The Balaban J connectivity index is 2.16. The molecule has 1 aliphatic heterocycles. The standard InChI is InChI=1S/C23H31F2N5O3S/c1-6-30-22(33)19(34-23(30)17(11-26)20(31)27-12-18(24)25)14(4)28-15-8-7-9-16(10-15)29(5)21(32)13(2)3/h7-10,13-14,17-19,23,28H,6,12H2,1-5H3,(H,27,31). The van der Waals surface area contributed by atoms with E-state index >= 15 is 0 Å². The Morgan fingerprint density at radius 1 is 1.29 bits per heavy atom. The van der Waals surface area contributed by atoms with Crippen LogP contribution < -0.4 is 15.5 Å². The molecule has 1 saturated heterocycles. The number of amides is 3. The minimum absolute atomic E-state index is 0.0270. The van der Waals surface area contributed by atoms with Crippen molar-refractivity contribution in [2.24, 2.45) is 11.8 Å². The van der Waals surface area contributed by atoms with Crippen molar-refractivity contribution in [1.82, 2.24) is 10.2 Å². The van der Waals surface area contributed by atoms with Gasteiger partial charge in [0.1, 0.15) is 10.6 Å². The first kappa shape index (κ1) is 27.4. The van der Waals surface area contributed by atoms with Crippen molar-refractivity contribution < 1.29 is 23.2 Å². The molecule has 2 rings (SSSR count). The number of rotatable bonds is 10. The molecule has 0 bridgehead atoms. The number of thioether (sulfide) groups is 1. The van der Waals surface area contributed by atoms with E-state index in [-0.39, 0.29) is 30.3 Å². The lowest BCUT2D eigenvalue weighted by Gasteiger charge is -2.25. The molecule has 0 saturated carbocycles. The van der Waals surface area contributed by atoms with Gasteiger partial charge in [-0.15, -0.1) is 11.8 Å². The van der Waals surface area contributed by atoms with Crippen LogP contribution in [0.2, 0.25) is 0 Å². The number of nitriles is 1. The van der Waals surface area contributed by atoms with E-state index in [9.17, 15) is 28.4 Å². The number of halogens is 2. The molecule has 1 heterocycles. The summed E-state index contributed by atoms with van der Waals surface area (Å²) in [5, 5.41) is 13.5. The van der Waals surface area contributed by atoms with Crippen LogP contribution in [-0.4, -0.2) is 65.8 Å². The predicted octanol–water partition coefficient (Wildman–Crippen LogP) is 2.92. The van der Waals surface area contributed by atoms with Gasteiger partial charge in [0.2, 0.25) is 17.7 Å². The molecule has 0 spiro atoms. The fourth-order valence-corrected chi connectivity index (χ4v) is 5.29. The molecular formula is C23H31F2N5O3S. The smallest absolute Gasteiger partial charge is 0.255 e. The average molecular weight is 496 g/mol. The quantitative estimate of drug-likeness (QED) is 0.517. The van der Waals surface area contributed by atoms with Crippen LogP contribution in [0.1, 0.15) is 27.7 Å². The molecule has 4 atom stereocenters. The number of nitrogens with one attached hydrogen (secondary N) is 2. The summed E-state index contributed by atoms with van der Waals surface area (Å²) < 4.78 is 25.0.